The number of oxime groups is 1. The zero-order valence-electron chi connectivity index (χ0n) is 25.0. The van der Waals surface area contributed by atoms with Gasteiger partial charge in [-0.2, -0.15) is 0 Å². The van der Waals surface area contributed by atoms with Gasteiger partial charge in [-0.1, -0.05) is 83.2 Å². The van der Waals surface area contributed by atoms with E-state index in [4.69, 9.17) is 23.8 Å². The third-order valence-corrected chi connectivity index (χ3v) is 7.06. The molecule has 39 heavy (non-hydrogen) atoms. The van der Waals surface area contributed by atoms with Crippen LogP contribution >= 0.6 is 0 Å². The summed E-state index contributed by atoms with van der Waals surface area (Å²) in [4.78, 5) is 18.0. The molecule has 0 bridgehead atoms. The predicted molar refractivity (Wildman–Crippen MR) is 159 cm³/mol. The van der Waals surface area contributed by atoms with Crippen LogP contribution in [0.3, 0.4) is 0 Å². The summed E-state index contributed by atoms with van der Waals surface area (Å²) >= 11 is 0. The molecule has 0 saturated heterocycles. The Morgan fingerprint density at radius 2 is 1.15 bits per heavy atom. The van der Waals surface area contributed by atoms with Crippen LogP contribution in [0.2, 0.25) is 0 Å². The molecule has 7 heteroatoms. The Morgan fingerprint density at radius 3 is 1.69 bits per heavy atom. The van der Waals surface area contributed by atoms with Crippen LogP contribution in [0.25, 0.3) is 10.8 Å². The number of unbranched alkanes of at least 4 members (excludes halogenated alkanes) is 10. The molecule has 2 aromatic carbocycles. The topological polar surface area (TPSA) is 75.6 Å². The highest BCUT2D eigenvalue weighted by atomic mass is 16.7. The summed E-state index contributed by atoms with van der Waals surface area (Å²) in [7, 11) is 6.48. The Hall–Kier alpha value is -2.96. The van der Waals surface area contributed by atoms with E-state index in [0.29, 0.717) is 47.1 Å². The molecule has 0 fully saturated rings. The first-order chi connectivity index (χ1) is 19.1. The fourth-order valence-electron chi connectivity index (χ4n) is 4.87. The second-order valence-corrected chi connectivity index (χ2v) is 9.92. The number of rotatable bonds is 20. The van der Waals surface area contributed by atoms with Crippen LogP contribution in [-0.2, 0) is 9.63 Å². The first kappa shape index (κ1) is 32.3. The van der Waals surface area contributed by atoms with Crippen molar-refractivity contribution in [1.82, 2.24) is 0 Å². The second-order valence-electron chi connectivity index (χ2n) is 9.92. The summed E-state index contributed by atoms with van der Waals surface area (Å²) in [5, 5.41) is 5.87. The van der Waals surface area contributed by atoms with E-state index < -0.39 is 0 Å². The summed E-state index contributed by atoms with van der Waals surface area (Å²) < 4.78 is 23.1. The van der Waals surface area contributed by atoms with Crippen molar-refractivity contribution in [3.05, 3.63) is 23.8 Å². The minimum absolute atomic E-state index is 0.307. The third-order valence-electron chi connectivity index (χ3n) is 7.06. The number of nitrogens with zero attached hydrogens (tertiary/aromatic N) is 1. The van der Waals surface area contributed by atoms with Gasteiger partial charge in [0.1, 0.15) is 23.0 Å². The number of hydrogen-bond donors (Lipinski definition) is 0. The summed E-state index contributed by atoms with van der Waals surface area (Å²) in [5.74, 6) is 2.15. The highest BCUT2D eigenvalue weighted by molar-refractivity contribution is 6.12. The first-order valence-electron chi connectivity index (χ1n) is 14.6. The smallest absolute Gasteiger partial charge is 0.335 e. The van der Waals surface area contributed by atoms with Crippen LogP contribution in [-0.4, -0.2) is 40.1 Å². The normalized spacial score (nSPS) is 11.5. The first-order valence-corrected chi connectivity index (χ1v) is 14.6. The van der Waals surface area contributed by atoms with Crippen molar-refractivity contribution in [1.29, 1.82) is 0 Å². The maximum absolute atomic E-state index is 12.6. The van der Waals surface area contributed by atoms with Gasteiger partial charge in [-0.25, -0.2) is 4.79 Å². The molecule has 0 saturated carbocycles. The van der Waals surface area contributed by atoms with Gasteiger partial charge >= 0.3 is 5.97 Å². The summed E-state index contributed by atoms with van der Waals surface area (Å²) in [6.07, 6.45) is 14.5. The lowest BCUT2D eigenvalue weighted by Gasteiger charge is -2.19. The number of fused-ring (bicyclic) bond motifs is 1. The minimum atomic E-state index is -0.307. The van der Waals surface area contributed by atoms with Gasteiger partial charge < -0.3 is 23.8 Å². The largest absolute Gasteiger partial charge is 0.496 e. The molecule has 0 heterocycles. The van der Waals surface area contributed by atoms with Crippen molar-refractivity contribution in [3.63, 3.8) is 0 Å². The van der Waals surface area contributed by atoms with Gasteiger partial charge in [0.25, 0.3) is 0 Å². The molecule has 0 atom stereocenters. The van der Waals surface area contributed by atoms with Crippen molar-refractivity contribution in [2.24, 2.45) is 5.16 Å². The lowest BCUT2D eigenvalue weighted by Crippen LogP contribution is -2.09. The van der Waals surface area contributed by atoms with E-state index in [1.54, 1.807) is 28.4 Å². The quantitative estimate of drug-likeness (QED) is 0.0720. The average molecular weight is 544 g/mol. The number of ether oxygens (including phenoxy) is 4. The summed E-state index contributed by atoms with van der Waals surface area (Å²) in [6, 6.07) is 5.58. The molecule has 0 N–H and O–H groups in total. The van der Waals surface area contributed by atoms with Crippen molar-refractivity contribution < 1.29 is 28.6 Å². The number of methoxy groups -OCH3 is 4. The van der Waals surface area contributed by atoms with E-state index in [9.17, 15) is 4.79 Å². The van der Waals surface area contributed by atoms with Crippen LogP contribution < -0.4 is 18.9 Å². The molecule has 0 aliphatic carbocycles. The van der Waals surface area contributed by atoms with E-state index in [-0.39, 0.29) is 5.97 Å². The standard InChI is InChI=1S/C32H49NO6/c1-7-9-11-13-14-16-18-20-29(34)39-33-25(19-17-15-12-10-8-2)24-23-28(37-5)30-26(35-3)21-22-27(36-4)31(30)32(24)38-6/h21-23H,7-20H2,1-6H3. The molecule has 0 unspecified atom stereocenters. The molecular weight excluding hydrogens is 494 g/mol. The predicted octanol–water partition coefficient (Wildman–Crippen LogP) is 8.62. The number of carbonyl (C=O) groups is 1. The molecule has 0 aromatic heterocycles. The van der Waals surface area contributed by atoms with Crippen molar-refractivity contribution in [3.8, 4) is 23.0 Å². The minimum Gasteiger partial charge on any atom is -0.496 e. The fourth-order valence-corrected chi connectivity index (χ4v) is 4.87. The van der Waals surface area contributed by atoms with Gasteiger partial charge in [-0.3, -0.25) is 0 Å². The van der Waals surface area contributed by atoms with Crippen molar-refractivity contribution >= 4 is 22.5 Å². The summed E-state index contributed by atoms with van der Waals surface area (Å²) in [5.41, 5.74) is 1.37. The van der Waals surface area contributed by atoms with Gasteiger partial charge in [-0.15, -0.1) is 0 Å². The molecular formula is C32H49NO6. The summed E-state index contributed by atoms with van der Waals surface area (Å²) in [6.45, 7) is 4.42. The molecule has 0 aliphatic heterocycles. The van der Waals surface area contributed by atoms with Gasteiger partial charge in [-0.05, 0) is 37.5 Å². The zero-order valence-corrected chi connectivity index (χ0v) is 25.0. The van der Waals surface area contributed by atoms with Gasteiger partial charge in [0.05, 0.1) is 44.9 Å². The molecule has 0 spiro atoms. The lowest BCUT2D eigenvalue weighted by atomic mass is 9.96. The monoisotopic (exact) mass is 543 g/mol. The number of hydrogen-bond acceptors (Lipinski definition) is 7. The van der Waals surface area contributed by atoms with E-state index in [2.05, 4.69) is 19.0 Å². The zero-order chi connectivity index (χ0) is 28.5. The molecule has 2 aromatic rings. The van der Waals surface area contributed by atoms with E-state index >= 15 is 0 Å². The lowest BCUT2D eigenvalue weighted by molar-refractivity contribution is -0.143. The van der Waals surface area contributed by atoms with E-state index in [0.717, 1.165) is 49.3 Å². The maximum atomic E-state index is 12.6. The van der Waals surface area contributed by atoms with Gasteiger partial charge in [0, 0.05) is 12.0 Å². The van der Waals surface area contributed by atoms with Gasteiger partial charge in [0.15, 0.2) is 0 Å². The SMILES string of the molecule is CCCCCCCCCC(=O)ON=C(CCCCCCC)c1cc(OC)c2c(OC)ccc(OC)c2c1OC. The Bertz CT molecular complexity index is 1050. The van der Waals surface area contributed by atoms with Crippen LogP contribution in [0.4, 0.5) is 0 Å². The highest BCUT2D eigenvalue weighted by Gasteiger charge is 2.24. The van der Waals surface area contributed by atoms with Crippen molar-refractivity contribution in [2.45, 2.75) is 104 Å². The number of benzene rings is 2. The fraction of sp³-hybridized carbons (Fsp3) is 0.625. The van der Waals surface area contributed by atoms with Crippen LogP contribution in [0.5, 0.6) is 23.0 Å². The van der Waals surface area contributed by atoms with Gasteiger partial charge in [0.2, 0.25) is 0 Å². The molecule has 0 amide bonds. The van der Waals surface area contributed by atoms with E-state index in [1.807, 2.05) is 18.2 Å². The Balaban J connectivity index is 2.37. The van der Waals surface area contributed by atoms with E-state index in [1.165, 1.54) is 38.5 Å². The average Bonchev–Trinajstić information content (AvgIpc) is 2.96. The Morgan fingerprint density at radius 1 is 0.641 bits per heavy atom. The highest BCUT2D eigenvalue weighted by Crippen LogP contribution is 2.46. The van der Waals surface area contributed by atoms with Crippen LogP contribution in [0.15, 0.2) is 23.4 Å². The maximum Gasteiger partial charge on any atom is 0.335 e. The third kappa shape index (κ3) is 9.63. The van der Waals surface area contributed by atoms with Crippen LogP contribution in [0.1, 0.15) is 109 Å². The molecule has 0 radical (unpaired) electrons. The second kappa shape index (κ2) is 18.3. The van der Waals surface area contributed by atoms with Crippen LogP contribution in [0, 0.1) is 0 Å². The Kier molecular flexibility index (Phi) is 15.2. The Labute approximate surface area is 235 Å². The molecule has 0 aliphatic rings. The van der Waals surface area contributed by atoms with Crippen molar-refractivity contribution in [2.75, 3.05) is 28.4 Å². The molecule has 218 valence electrons. The number of carbonyl (C=O) groups excluding carboxylic acids is 1. The molecule has 7 nitrogen and oxygen atoms in total. The molecule has 2 rings (SSSR count).